The minimum absolute atomic E-state index is 0.0664. The molecule has 5 rings (SSSR count). The number of amides is 2. The van der Waals surface area contributed by atoms with Gasteiger partial charge in [0.1, 0.15) is 5.60 Å². The molecular weight excluding hydrogens is 600 g/mol. The van der Waals surface area contributed by atoms with E-state index in [-0.39, 0.29) is 45.0 Å². The summed E-state index contributed by atoms with van der Waals surface area (Å²) in [6.07, 6.45) is 3.70. The second kappa shape index (κ2) is 13.6. The van der Waals surface area contributed by atoms with Gasteiger partial charge in [0.2, 0.25) is 0 Å². The normalized spacial score (nSPS) is 18.8. The molecule has 45 heavy (non-hydrogen) atoms. The van der Waals surface area contributed by atoms with Gasteiger partial charge in [0.25, 0.3) is 11.8 Å². The Labute approximate surface area is 268 Å². The second-order valence-corrected chi connectivity index (χ2v) is 14.3. The van der Waals surface area contributed by atoms with E-state index in [4.69, 9.17) is 9.84 Å². The van der Waals surface area contributed by atoms with Crippen molar-refractivity contribution in [2.45, 2.75) is 77.4 Å². The SMILES string of the molecule is CC(C)(C)OC(=O)NCc1ccc(NC(=O)c2ccc(NSCCO)cc2N2CCC3(CC2)CC3)cc1N1CCC(F)(F)CC1. The van der Waals surface area contributed by atoms with Crippen molar-refractivity contribution in [3.05, 3.63) is 47.5 Å². The van der Waals surface area contributed by atoms with Crippen molar-refractivity contribution in [3.63, 3.8) is 0 Å². The summed E-state index contributed by atoms with van der Waals surface area (Å²) in [4.78, 5) is 30.3. The van der Waals surface area contributed by atoms with Crippen molar-refractivity contribution in [2.75, 3.05) is 58.4 Å². The number of halogens is 2. The molecule has 0 aromatic heterocycles. The Kier molecular flexibility index (Phi) is 10.0. The molecule has 3 fully saturated rings. The Morgan fingerprint density at radius 2 is 1.53 bits per heavy atom. The van der Waals surface area contributed by atoms with Crippen molar-refractivity contribution in [1.82, 2.24) is 5.32 Å². The Hall–Kier alpha value is -3.25. The highest BCUT2D eigenvalue weighted by atomic mass is 32.2. The lowest BCUT2D eigenvalue weighted by Gasteiger charge is -2.35. The summed E-state index contributed by atoms with van der Waals surface area (Å²) in [7, 11) is 0. The topological polar surface area (TPSA) is 106 Å². The largest absolute Gasteiger partial charge is 0.444 e. The summed E-state index contributed by atoms with van der Waals surface area (Å²) >= 11 is 1.41. The fraction of sp³-hybridized carbons (Fsp3) is 0.576. The summed E-state index contributed by atoms with van der Waals surface area (Å²) in [6, 6.07) is 11.0. The first-order valence-electron chi connectivity index (χ1n) is 15.8. The molecular formula is C33H45F2N5O4S. The molecule has 246 valence electrons. The summed E-state index contributed by atoms with van der Waals surface area (Å²) in [6.45, 7) is 7.65. The molecule has 2 amide bonds. The maximum absolute atomic E-state index is 14.0. The molecule has 12 heteroatoms. The van der Waals surface area contributed by atoms with Crippen LogP contribution in [0.25, 0.3) is 0 Å². The zero-order chi connectivity index (χ0) is 32.2. The predicted molar refractivity (Wildman–Crippen MR) is 177 cm³/mol. The number of rotatable bonds is 10. The molecule has 1 saturated carbocycles. The van der Waals surface area contributed by atoms with Gasteiger partial charge in [-0.2, -0.15) is 0 Å². The fourth-order valence-electron chi connectivity index (χ4n) is 5.97. The number of carbonyl (C=O) groups excluding carboxylic acids is 2. The predicted octanol–water partition coefficient (Wildman–Crippen LogP) is 6.63. The smallest absolute Gasteiger partial charge is 0.407 e. The Morgan fingerprint density at radius 3 is 2.18 bits per heavy atom. The number of aliphatic hydroxyl groups excluding tert-OH is 1. The molecule has 0 unspecified atom stereocenters. The third-order valence-corrected chi connectivity index (χ3v) is 9.52. The van der Waals surface area contributed by atoms with Crippen molar-refractivity contribution in [1.29, 1.82) is 0 Å². The van der Waals surface area contributed by atoms with Gasteiger partial charge in [0.15, 0.2) is 0 Å². The molecule has 1 aliphatic carbocycles. The monoisotopic (exact) mass is 645 g/mol. The van der Waals surface area contributed by atoms with Crippen LogP contribution < -0.4 is 25.2 Å². The van der Waals surface area contributed by atoms with Crippen LogP contribution in [0, 0.1) is 5.41 Å². The van der Waals surface area contributed by atoms with Crippen LogP contribution in [0.2, 0.25) is 0 Å². The number of nitrogens with one attached hydrogen (secondary N) is 3. The van der Waals surface area contributed by atoms with E-state index >= 15 is 0 Å². The van der Waals surface area contributed by atoms with Gasteiger partial charge in [0, 0.05) is 68.4 Å². The number of aliphatic hydroxyl groups is 1. The molecule has 4 N–H and O–H groups in total. The van der Waals surface area contributed by atoms with Crippen LogP contribution in [0.3, 0.4) is 0 Å². The highest BCUT2D eigenvalue weighted by Gasteiger charge is 2.44. The van der Waals surface area contributed by atoms with E-state index in [0.717, 1.165) is 42.9 Å². The molecule has 3 aliphatic rings. The third kappa shape index (κ3) is 8.94. The molecule has 2 aromatic carbocycles. The van der Waals surface area contributed by atoms with Gasteiger partial charge in [-0.05, 0) is 87.8 Å². The number of piperidine rings is 2. The Morgan fingerprint density at radius 1 is 0.911 bits per heavy atom. The van der Waals surface area contributed by atoms with E-state index in [1.807, 2.05) is 23.1 Å². The second-order valence-electron chi connectivity index (χ2n) is 13.4. The lowest BCUT2D eigenvalue weighted by molar-refractivity contribution is -0.0220. The van der Waals surface area contributed by atoms with E-state index in [1.54, 1.807) is 39.0 Å². The number of nitrogens with zero attached hydrogens (tertiary/aromatic N) is 2. The number of benzene rings is 2. The highest BCUT2D eigenvalue weighted by molar-refractivity contribution is 8.00. The van der Waals surface area contributed by atoms with Crippen molar-refractivity contribution < 1.29 is 28.2 Å². The minimum Gasteiger partial charge on any atom is -0.444 e. The summed E-state index contributed by atoms with van der Waals surface area (Å²) in [5.74, 6) is -2.43. The molecule has 2 aliphatic heterocycles. The van der Waals surface area contributed by atoms with Crippen LogP contribution in [-0.2, 0) is 11.3 Å². The number of hydrogen-bond donors (Lipinski definition) is 4. The Bertz CT molecular complexity index is 1360. The van der Waals surface area contributed by atoms with Gasteiger partial charge < -0.3 is 35.0 Å². The van der Waals surface area contributed by atoms with E-state index < -0.39 is 17.6 Å². The van der Waals surface area contributed by atoms with Crippen LogP contribution in [-0.4, -0.2) is 67.2 Å². The van der Waals surface area contributed by atoms with Gasteiger partial charge in [-0.25, -0.2) is 13.6 Å². The standard InChI is InChI=1S/C33H45F2N5O4S/c1-31(2,3)44-30(43)36-22-23-4-5-24(20-27(23)39-16-12-33(34,35)13-17-39)37-29(42)26-7-6-25(38-45-19-18-41)21-28(26)40-14-10-32(8-9-32)11-15-40/h4-7,20-21,38,41H,8-19,22H2,1-3H3,(H,36,43)(H,37,42). The first kappa shape index (κ1) is 33.1. The number of carbonyl (C=O) groups is 2. The van der Waals surface area contributed by atoms with Crippen molar-refractivity contribution >= 4 is 46.7 Å². The zero-order valence-electron chi connectivity index (χ0n) is 26.4. The lowest BCUT2D eigenvalue weighted by Crippen LogP contribution is -2.40. The van der Waals surface area contributed by atoms with Crippen LogP contribution in [0.5, 0.6) is 0 Å². The van der Waals surface area contributed by atoms with E-state index in [2.05, 4.69) is 20.3 Å². The van der Waals surface area contributed by atoms with Gasteiger partial charge in [-0.15, -0.1) is 0 Å². The van der Waals surface area contributed by atoms with Gasteiger partial charge in [-0.1, -0.05) is 18.0 Å². The molecule has 9 nitrogen and oxygen atoms in total. The number of hydrogen-bond acceptors (Lipinski definition) is 8. The van der Waals surface area contributed by atoms with Gasteiger partial charge >= 0.3 is 6.09 Å². The van der Waals surface area contributed by atoms with Gasteiger partial charge in [-0.3, -0.25) is 4.79 Å². The number of alkyl carbamates (subject to hydrolysis) is 1. The highest BCUT2D eigenvalue weighted by Crippen LogP contribution is 2.54. The average molecular weight is 646 g/mol. The van der Waals surface area contributed by atoms with Crippen LogP contribution in [0.4, 0.5) is 36.3 Å². The molecule has 0 bridgehead atoms. The number of anilines is 4. The van der Waals surface area contributed by atoms with Crippen LogP contribution in [0.1, 0.15) is 75.2 Å². The first-order valence-corrected chi connectivity index (χ1v) is 16.8. The molecule has 2 aromatic rings. The summed E-state index contributed by atoms with van der Waals surface area (Å²) < 4.78 is 36.7. The van der Waals surface area contributed by atoms with Crippen molar-refractivity contribution in [3.8, 4) is 0 Å². The molecule has 2 saturated heterocycles. The number of alkyl halides is 2. The van der Waals surface area contributed by atoms with Gasteiger partial charge in [0.05, 0.1) is 17.9 Å². The van der Waals surface area contributed by atoms with Crippen LogP contribution in [0.15, 0.2) is 36.4 Å². The fourth-order valence-corrected chi connectivity index (χ4v) is 6.45. The average Bonchev–Trinajstić information content (AvgIpc) is 3.74. The van der Waals surface area contributed by atoms with E-state index in [0.29, 0.717) is 28.1 Å². The number of ether oxygens (including phenoxy) is 1. The lowest BCUT2D eigenvalue weighted by atomic mass is 9.93. The molecule has 1 spiro atoms. The van der Waals surface area contributed by atoms with Crippen molar-refractivity contribution in [2.24, 2.45) is 5.41 Å². The minimum atomic E-state index is -2.71. The molecule has 0 radical (unpaired) electrons. The Balaban J connectivity index is 1.36. The summed E-state index contributed by atoms with van der Waals surface area (Å²) in [5.41, 5.74) is 4.06. The zero-order valence-corrected chi connectivity index (χ0v) is 27.2. The first-order chi connectivity index (χ1) is 21.4. The molecule has 2 heterocycles. The maximum atomic E-state index is 14.0. The van der Waals surface area contributed by atoms with Crippen LogP contribution >= 0.6 is 11.9 Å². The quantitative estimate of drug-likeness (QED) is 0.169. The van der Waals surface area contributed by atoms with E-state index in [1.165, 1.54) is 24.8 Å². The maximum Gasteiger partial charge on any atom is 0.407 e. The summed E-state index contributed by atoms with van der Waals surface area (Å²) in [5, 5.41) is 15.0. The molecule has 0 atom stereocenters. The third-order valence-electron chi connectivity index (χ3n) is 8.75. The van der Waals surface area contributed by atoms with E-state index in [9.17, 15) is 18.4 Å².